The van der Waals surface area contributed by atoms with Gasteiger partial charge in [0.1, 0.15) is 0 Å². The molecular weight excluding hydrogens is 448 g/mol. The van der Waals surface area contributed by atoms with Crippen molar-refractivity contribution >= 4 is 32.2 Å². The minimum atomic E-state index is -0.198. The molecule has 0 bridgehead atoms. The summed E-state index contributed by atoms with van der Waals surface area (Å²) in [5.41, 5.74) is 1.50. The zero-order valence-corrected chi connectivity index (χ0v) is 20.3. The highest BCUT2D eigenvalue weighted by molar-refractivity contribution is 9.15. The van der Waals surface area contributed by atoms with Crippen molar-refractivity contribution in [3.63, 3.8) is 0 Å². The molecule has 0 saturated carbocycles. The minimum absolute atomic E-state index is 0.108. The molecular formula is C23H33BrN2O4. The first-order valence-corrected chi connectivity index (χ1v) is 10.8. The molecule has 0 radical (unpaired) electrons. The fourth-order valence-corrected chi connectivity index (χ4v) is 2.98. The molecule has 0 saturated heterocycles. The lowest BCUT2D eigenvalue weighted by molar-refractivity contribution is -0.120. The first-order valence-electron chi connectivity index (χ1n) is 10.0. The van der Waals surface area contributed by atoms with Gasteiger partial charge in [0.2, 0.25) is 11.8 Å². The molecule has 0 fully saturated rings. The van der Waals surface area contributed by atoms with Crippen LogP contribution in [0.4, 0.5) is 0 Å². The van der Waals surface area contributed by atoms with Gasteiger partial charge in [0, 0.05) is 23.6 Å². The highest BCUT2D eigenvalue weighted by Gasteiger charge is 2.13. The summed E-state index contributed by atoms with van der Waals surface area (Å²) >= 11 is 3.60. The first-order chi connectivity index (χ1) is 14.2. The van der Waals surface area contributed by atoms with Crippen LogP contribution in [0.1, 0.15) is 39.7 Å². The molecule has 30 heavy (non-hydrogen) atoms. The number of rotatable bonds is 11. The van der Waals surface area contributed by atoms with Gasteiger partial charge in [-0.1, -0.05) is 33.8 Å². The molecule has 0 heterocycles. The van der Waals surface area contributed by atoms with E-state index in [1.807, 2.05) is 39.8 Å². The maximum Gasteiger partial charge on any atom is 0.243 e. The lowest BCUT2D eigenvalue weighted by atomic mass is 10.1. The van der Waals surface area contributed by atoms with E-state index in [1.54, 1.807) is 26.4 Å². The Bertz CT molecular complexity index is 785. The van der Waals surface area contributed by atoms with Crippen LogP contribution in [0.5, 0.6) is 11.5 Å². The van der Waals surface area contributed by atoms with Crippen LogP contribution in [0, 0.1) is 11.8 Å². The van der Waals surface area contributed by atoms with E-state index >= 15 is 0 Å². The van der Waals surface area contributed by atoms with Crippen LogP contribution in [0.15, 0.2) is 35.9 Å². The van der Waals surface area contributed by atoms with Gasteiger partial charge < -0.3 is 20.1 Å². The molecule has 0 aliphatic rings. The summed E-state index contributed by atoms with van der Waals surface area (Å²) in [6.07, 6.45) is 3.26. The molecule has 2 amide bonds. The number of hydrogen-bond acceptors (Lipinski definition) is 4. The second kappa shape index (κ2) is 13.1. The predicted octanol–water partition coefficient (Wildman–Crippen LogP) is 4.30. The molecule has 0 aromatic heterocycles. The zero-order valence-electron chi connectivity index (χ0n) is 18.7. The number of hydrogen-bond donors (Lipinski definition) is 2. The van der Waals surface area contributed by atoms with Gasteiger partial charge in [0.15, 0.2) is 11.5 Å². The number of halogens is 1. The number of carbonyl (C=O) groups excluding carboxylic acids is 2. The number of allylic oxidation sites excluding steroid dienone is 1. The molecule has 0 atom stereocenters. The lowest BCUT2D eigenvalue weighted by Crippen LogP contribution is -2.27. The van der Waals surface area contributed by atoms with Crippen LogP contribution in [0.2, 0.25) is 0 Å². The van der Waals surface area contributed by atoms with Crippen LogP contribution in [-0.4, -0.2) is 39.1 Å². The van der Waals surface area contributed by atoms with Gasteiger partial charge in [-0.15, -0.1) is 0 Å². The van der Waals surface area contributed by atoms with E-state index in [0.29, 0.717) is 46.5 Å². The van der Waals surface area contributed by atoms with Gasteiger partial charge in [-0.3, -0.25) is 9.59 Å². The Hall–Kier alpha value is -2.28. The summed E-state index contributed by atoms with van der Waals surface area (Å²) in [6, 6.07) is 5.48. The van der Waals surface area contributed by atoms with Crippen molar-refractivity contribution in [3.8, 4) is 11.5 Å². The summed E-state index contributed by atoms with van der Waals surface area (Å²) in [5, 5.41) is 5.76. The van der Waals surface area contributed by atoms with Gasteiger partial charge in [0.25, 0.3) is 0 Å². The van der Waals surface area contributed by atoms with Gasteiger partial charge >= 0.3 is 0 Å². The average Bonchev–Trinajstić information content (AvgIpc) is 2.72. The third kappa shape index (κ3) is 9.03. The summed E-state index contributed by atoms with van der Waals surface area (Å²) in [6.45, 7) is 9.32. The van der Waals surface area contributed by atoms with E-state index < -0.39 is 0 Å². The van der Waals surface area contributed by atoms with Crippen LogP contribution in [0.25, 0.3) is 4.48 Å². The summed E-state index contributed by atoms with van der Waals surface area (Å²) in [4.78, 5) is 24.6. The molecule has 0 spiro atoms. The fraction of sp³-hybridized carbons (Fsp3) is 0.478. The smallest absolute Gasteiger partial charge is 0.243 e. The maximum absolute atomic E-state index is 12.4. The monoisotopic (exact) mass is 480 g/mol. The Balaban J connectivity index is 3.19. The van der Waals surface area contributed by atoms with E-state index in [1.165, 1.54) is 6.08 Å². The Morgan fingerprint density at radius 3 is 2.13 bits per heavy atom. The molecule has 1 aromatic carbocycles. The third-order valence-electron chi connectivity index (χ3n) is 4.10. The summed E-state index contributed by atoms with van der Waals surface area (Å²) in [5.74, 6) is 1.60. The molecule has 0 aliphatic carbocycles. The topological polar surface area (TPSA) is 76.7 Å². The fourth-order valence-electron chi connectivity index (χ4n) is 2.46. The second-order valence-corrected chi connectivity index (χ2v) is 8.55. The van der Waals surface area contributed by atoms with E-state index in [2.05, 4.69) is 26.6 Å². The van der Waals surface area contributed by atoms with Crippen LogP contribution < -0.4 is 20.1 Å². The zero-order chi connectivity index (χ0) is 22.7. The number of nitrogens with one attached hydrogen (secondary N) is 2. The SMILES string of the molecule is COc1ccc(/C(Br)=C(\C=C\C(=O)NCC(C)C)CC(=O)NCC(C)C)cc1OC. The van der Waals surface area contributed by atoms with Crippen molar-refractivity contribution in [2.45, 2.75) is 34.1 Å². The quantitative estimate of drug-likeness (QED) is 0.365. The van der Waals surface area contributed by atoms with Crippen molar-refractivity contribution in [3.05, 3.63) is 41.5 Å². The van der Waals surface area contributed by atoms with Crippen LogP contribution in [-0.2, 0) is 9.59 Å². The first kappa shape index (κ1) is 25.8. The van der Waals surface area contributed by atoms with E-state index in [4.69, 9.17) is 9.47 Å². The third-order valence-corrected chi connectivity index (χ3v) is 5.06. The van der Waals surface area contributed by atoms with E-state index in [-0.39, 0.29) is 18.2 Å². The predicted molar refractivity (Wildman–Crippen MR) is 125 cm³/mol. The van der Waals surface area contributed by atoms with E-state index in [0.717, 1.165) is 5.56 Å². The highest BCUT2D eigenvalue weighted by atomic mass is 79.9. The highest BCUT2D eigenvalue weighted by Crippen LogP contribution is 2.34. The standard InChI is InChI=1S/C23H33BrN2O4/c1-15(2)13-25-21(27)10-8-18(12-22(28)26-14-16(3)4)23(24)17-7-9-19(29-5)20(11-17)30-6/h7-11,15-16H,12-14H2,1-6H3,(H,25,27)(H,26,28)/b10-8+,23-18-. The molecule has 166 valence electrons. The normalized spacial score (nSPS) is 12.2. The molecule has 1 aromatic rings. The van der Waals surface area contributed by atoms with E-state index in [9.17, 15) is 9.59 Å². The number of benzene rings is 1. The Morgan fingerprint density at radius 1 is 0.967 bits per heavy atom. The molecule has 2 N–H and O–H groups in total. The van der Waals surface area contributed by atoms with Gasteiger partial charge in [-0.2, -0.15) is 0 Å². The molecule has 6 nitrogen and oxygen atoms in total. The Morgan fingerprint density at radius 2 is 1.57 bits per heavy atom. The van der Waals surface area contributed by atoms with Crippen molar-refractivity contribution in [2.24, 2.45) is 11.8 Å². The van der Waals surface area contributed by atoms with Gasteiger partial charge in [-0.25, -0.2) is 0 Å². The maximum atomic E-state index is 12.4. The Labute approximate surface area is 188 Å². The summed E-state index contributed by atoms with van der Waals surface area (Å²) in [7, 11) is 3.14. The van der Waals surface area contributed by atoms with Gasteiger partial charge in [0.05, 0.1) is 20.6 Å². The number of carbonyl (C=O) groups is 2. The molecule has 7 heteroatoms. The van der Waals surface area contributed by atoms with Gasteiger partial charge in [-0.05, 0) is 57.1 Å². The summed E-state index contributed by atoms with van der Waals surface area (Å²) < 4.78 is 11.4. The average molecular weight is 481 g/mol. The molecule has 1 rings (SSSR count). The minimum Gasteiger partial charge on any atom is -0.493 e. The van der Waals surface area contributed by atoms with Crippen molar-refractivity contribution in [1.29, 1.82) is 0 Å². The lowest BCUT2D eigenvalue weighted by Gasteiger charge is -2.13. The number of methoxy groups -OCH3 is 2. The second-order valence-electron chi connectivity index (χ2n) is 7.76. The molecule has 0 unspecified atom stereocenters. The largest absolute Gasteiger partial charge is 0.493 e. The van der Waals surface area contributed by atoms with Crippen LogP contribution in [0.3, 0.4) is 0 Å². The van der Waals surface area contributed by atoms with Crippen molar-refractivity contribution < 1.29 is 19.1 Å². The van der Waals surface area contributed by atoms with Crippen molar-refractivity contribution in [1.82, 2.24) is 10.6 Å². The Kier molecular flexibility index (Phi) is 11.3. The number of ether oxygens (including phenoxy) is 2. The molecule has 0 aliphatic heterocycles. The number of amides is 2. The van der Waals surface area contributed by atoms with Crippen LogP contribution >= 0.6 is 15.9 Å². The van der Waals surface area contributed by atoms with Crippen molar-refractivity contribution in [2.75, 3.05) is 27.3 Å².